The third kappa shape index (κ3) is 4.34. The molecule has 4 aromatic heterocycles. The van der Waals surface area contributed by atoms with Gasteiger partial charge in [0.1, 0.15) is 11.6 Å². The molecule has 0 fully saturated rings. The molecular weight excluding hydrogens is 502 g/mol. The van der Waals surface area contributed by atoms with Crippen molar-refractivity contribution in [3.8, 4) is 28.5 Å². The van der Waals surface area contributed by atoms with Crippen molar-refractivity contribution in [2.75, 3.05) is 0 Å². The van der Waals surface area contributed by atoms with Crippen molar-refractivity contribution < 1.29 is 0 Å². The van der Waals surface area contributed by atoms with Crippen LogP contribution in [-0.2, 0) is 0 Å². The van der Waals surface area contributed by atoms with Crippen LogP contribution < -0.4 is 0 Å². The van der Waals surface area contributed by atoms with Crippen LogP contribution in [0.15, 0.2) is 134 Å². The zero-order chi connectivity index (χ0) is 27.8. The lowest BCUT2D eigenvalue weighted by molar-refractivity contribution is 1.08. The first-order valence-corrected chi connectivity index (χ1v) is 13.6. The average Bonchev–Trinajstić information content (AvgIpc) is 3.59. The Balaban J connectivity index is 1.42. The lowest BCUT2D eigenvalue weighted by Crippen LogP contribution is -1.98. The molecule has 7 rings (SSSR count). The molecule has 3 aromatic carbocycles. The fourth-order valence-corrected chi connectivity index (χ4v) is 5.48. The highest BCUT2D eigenvalue weighted by Crippen LogP contribution is 2.36. The number of nitrogens with zero attached hydrogens (tertiary/aromatic N) is 4. The summed E-state index contributed by atoms with van der Waals surface area (Å²) in [5.41, 5.74) is 9.38. The van der Waals surface area contributed by atoms with E-state index in [1.165, 1.54) is 5.39 Å². The number of hydrogen-bond acceptors (Lipinski definition) is 3. The first-order chi connectivity index (χ1) is 20.2. The largest absolute Gasteiger partial charge is 0.338 e. The van der Waals surface area contributed by atoms with E-state index >= 15 is 0 Å². The van der Waals surface area contributed by atoms with Gasteiger partial charge < -0.3 is 4.98 Å². The van der Waals surface area contributed by atoms with Crippen molar-refractivity contribution in [3.05, 3.63) is 140 Å². The molecule has 0 bridgehead atoms. The maximum Gasteiger partial charge on any atom is 0.139 e. The molecule has 0 spiro atoms. The fraction of sp³-hybridized carbons (Fsp3) is 0.0278. The van der Waals surface area contributed by atoms with Crippen LogP contribution in [0.3, 0.4) is 0 Å². The SMILES string of the molecule is C=C/C=C\C=C(/C)c1ccccc1-c1nc2cc3c4ccccc4n(-c4cccc(-c5ccncc5)n4)c3cc2[nH]1. The molecule has 0 atom stereocenters. The summed E-state index contributed by atoms with van der Waals surface area (Å²) in [6, 6.07) is 31.3. The van der Waals surface area contributed by atoms with Gasteiger partial charge in [0.05, 0.1) is 27.8 Å². The van der Waals surface area contributed by atoms with E-state index < -0.39 is 0 Å². The van der Waals surface area contributed by atoms with Gasteiger partial charge in [0, 0.05) is 34.3 Å². The number of H-pyrrole nitrogens is 1. The maximum atomic E-state index is 5.07. The number of rotatable bonds is 6. The van der Waals surface area contributed by atoms with Crippen molar-refractivity contribution >= 4 is 38.4 Å². The van der Waals surface area contributed by atoms with E-state index in [-0.39, 0.29) is 0 Å². The number of imidazole rings is 1. The number of hydrogen-bond donors (Lipinski definition) is 1. The van der Waals surface area contributed by atoms with Crippen LogP contribution >= 0.6 is 0 Å². The Bertz CT molecular complexity index is 2130. The molecule has 0 aliphatic heterocycles. The molecule has 41 heavy (non-hydrogen) atoms. The second-order valence-corrected chi connectivity index (χ2v) is 9.96. The zero-order valence-corrected chi connectivity index (χ0v) is 22.6. The Morgan fingerprint density at radius 1 is 0.805 bits per heavy atom. The van der Waals surface area contributed by atoms with Crippen LogP contribution in [0, 0.1) is 0 Å². The third-order valence-electron chi connectivity index (χ3n) is 7.42. The normalized spacial score (nSPS) is 12.2. The molecule has 196 valence electrons. The molecule has 0 radical (unpaired) electrons. The van der Waals surface area contributed by atoms with Crippen LogP contribution in [0.1, 0.15) is 12.5 Å². The summed E-state index contributed by atoms with van der Waals surface area (Å²) in [5.74, 6) is 1.71. The Morgan fingerprint density at radius 2 is 1.63 bits per heavy atom. The predicted octanol–water partition coefficient (Wildman–Crippen LogP) is 8.93. The van der Waals surface area contributed by atoms with Crippen LogP contribution in [-0.4, -0.2) is 24.5 Å². The molecule has 0 aliphatic carbocycles. The highest BCUT2D eigenvalue weighted by atomic mass is 15.1. The highest BCUT2D eigenvalue weighted by molar-refractivity contribution is 6.12. The van der Waals surface area contributed by atoms with Gasteiger partial charge in [0.2, 0.25) is 0 Å². The van der Waals surface area contributed by atoms with Gasteiger partial charge in [-0.05, 0) is 60.5 Å². The molecule has 0 saturated carbocycles. The summed E-state index contributed by atoms with van der Waals surface area (Å²) in [7, 11) is 0. The van der Waals surface area contributed by atoms with Gasteiger partial charge in [-0.15, -0.1) is 0 Å². The van der Waals surface area contributed by atoms with Crippen LogP contribution in [0.5, 0.6) is 0 Å². The molecule has 5 nitrogen and oxygen atoms in total. The number of pyridine rings is 2. The number of nitrogens with one attached hydrogen (secondary N) is 1. The average molecular weight is 530 g/mol. The van der Waals surface area contributed by atoms with E-state index in [9.17, 15) is 0 Å². The summed E-state index contributed by atoms with van der Waals surface area (Å²) in [6.45, 7) is 5.88. The minimum absolute atomic E-state index is 0.845. The summed E-state index contributed by atoms with van der Waals surface area (Å²) in [4.78, 5) is 17.9. The second-order valence-electron chi connectivity index (χ2n) is 9.96. The Hall–Kier alpha value is -5.55. The summed E-state index contributed by atoms with van der Waals surface area (Å²) < 4.78 is 2.24. The molecule has 4 heterocycles. The van der Waals surface area contributed by atoms with Crippen LogP contribution in [0.2, 0.25) is 0 Å². The van der Waals surface area contributed by atoms with E-state index in [2.05, 4.69) is 107 Å². The minimum Gasteiger partial charge on any atom is -0.338 e. The molecule has 1 N–H and O–H groups in total. The van der Waals surface area contributed by atoms with E-state index in [0.29, 0.717) is 0 Å². The number of para-hydroxylation sites is 1. The highest BCUT2D eigenvalue weighted by Gasteiger charge is 2.17. The van der Waals surface area contributed by atoms with Gasteiger partial charge in [-0.2, -0.15) is 0 Å². The third-order valence-corrected chi connectivity index (χ3v) is 7.42. The predicted molar refractivity (Wildman–Crippen MR) is 170 cm³/mol. The number of aromatic nitrogens is 5. The molecule has 0 amide bonds. The zero-order valence-electron chi connectivity index (χ0n) is 22.6. The molecule has 0 aliphatic rings. The maximum absolute atomic E-state index is 5.07. The Kier molecular flexibility index (Phi) is 6.10. The van der Waals surface area contributed by atoms with E-state index in [1.54, 1.807) is 18.5 Å². The lowest BCUT2D eigenvalue weighted by atomic mass is 10.00. The van der Waals surface area contributed by atoms with Crippen molar-refractivity contribution in [1.29, 1.82) is 0 Å². The fourth-order valence-electron chi connectivity index (χ4n) is 5.48. The summed E-state index contributed by atoms with van der Waals surface area (Å²) >= 11 is 0. The minimum atomic E-state index is 0.845. The quantitative estimate of drug-likeness (QED) is 0.219. The van der Waals surface area contributed by atoms with Crippen molar-refractivity contribution in [2.45, 2.75) is 6.92 Å². The van der Waals surface area contributed by atoms with Gasteiger partial charge in [-0.1, -0.05) is 79.4 Å². The molecule has 0 unspecified atom stereocenters. The topological polar surface area (TPSA) is 59.4 Å². The van der Waals surface area contributed by atoms with Gasteiger partial charge >= 0.3 is 0 Å². The number of allylic oxidation sites excluding steroid dienone is 5. The first kappa shape index (κ1) is 24.5. The van der Waals surface area contributed by atoms with Gasteiger partial charge in [0.25, 0.3) is 0 Å². The van der Waals surface area contributed by atoms with Gasteiger partial charge in [0.15, 0.2) is 0 Å². The number of fused-ring (bicyclic) bond motifs is 4. The van der Waals surface area contributed by atoms with Gasteiger partial charge in [-0.25, -0.2) is 9.97 Å². The molecule has 7 aromatic rings. The van der Waals surface area contributed by atoms with Crippen LogP contribution in [0.25, 0.3) is 66.9 Å². The Labute approximate surface area is 237 Å². The van der Waals surface area contributed by atoms with Gasteiger partial charge in [-0.3, -0.25) is 9.55 Å². The van der Waals surface area contributed by atoms with E-state index in [4.69, 9.17) is 9.97 Å². The first-order valence-electron chi connectivity index (χ1n) is 13.6. The van der Waals surface area contributed by atoms with E-state index in [1.807, 2.05) is 30.4 Å². The van der Waals surface area contributed by atoms with Crippen molar-refractivity contribution in [2.24, 2.45) is 0 Å². The molecule has 5 heteroatoms. The second kappa shape index (κ2) is 10.2. The van der Waals surface area contributed by atoms with Crippen molar-refractivity contribution in [1.82, 2.24) is 24.5 Å². The molecular formula is C36H27N5. The number of aromatic amines is 1. The Morgan fingerprint density at radius 3 is 2.51 bits per heavy atom. The smallest absolute Gasteiger partial charge is 0.139 e. The van der Waals surface area contributed by atoms with Crippen LogP contribution in [0.4, 0.5) is 0 Å². The van der Waals surface area contributed by atoms with Crippen molar-refractivity contribution in [3.63, 3.8) is 0 Å². The standard InChI is InChI=1S/C36H27N5/c1-3-4-5-11-24(2)26-12-6-7-14-28(26)36-39-31-22-29-27-13-8-9-16-33(27)41(34(29)23-32(31)40-36)35-17-10-15-30(38-35)25-18-20-37-21-19-25/h3-23H,1H2,2H3,(H,39,40)/b5-4-,24-11+. The summed E-state index contributed by atoms with van der Waals surface area (Å²) in [5, 5.41) is 2.31. The number of benzene rings is 3. The summed E-state index contributed by atoms with van der Waals surface area (Å²) in [6.07, 6.45) is 11.4. The molecule has 0 saturated heterocycles. The monoisotopic (exact) mass is 529 g/mol. The lowest BCUT2D eigenvalue weighted by Gasteiger charge is -2.09. The van der Waals surface area contributed by atoms with E-state index in [0.717, 1.165) is 67.1 Å².